The van der Waals surface area contributed by atoms with Gasteiger partial charge in [0.15, 0.2) is 0 Å². The molecule has 0 saturated heterocycles. The number of aryl methyl sites for hydroxylation is 1. The van der Waals surface area contributed by atoms with Gasteiger partial charge in [0.1, 0.15) is 11.1 Å². The number of carbonyl (C=O) groups excluding carboxylic acids is 1. The molecule has 27 heavy (non-hydrogen) atoms. The van der Waals surface area contributed by atoms with Crippen LogP contribution in [0.5, 0.6) is 0 Å². The second-order valence-corrected chi connectivity index (χ2v) is 7.94. The van der Waals surface area contributed by atoms with E-state index in [2.05, 4.69) is 21.6 Å². The van der Waals surface area contributed by atoms with E-state index in [1.54, 1.807) is 0 Å². The molecule has 2 aromatic rings. The number of nitrogens with two attached hydrogens (primary N) is 1. The molecule has 2 heterocycles. The van der Waals surface area contributed by atoms with E-state index < -0.39 is 17.9 Å². The molecule has 1 amide bonds. The normalized spacial score (nSPS) is 14.3. The molecule has 0 unspecified atom stereocenters. The molecule has 1 aliphatic rings. The summed E-state index contributed by atoms with van der Waals surface area (Å²) in [4.78, 5) is 13.3. The number of nitrogens with one attached hydrogen (secondary N) is 1. The zero-order valence-electron chi connectivity index (χ0n) is 14.0. The molecule has 1 aliphatic carbocycles. The Morgan fingerprint density at radius 3 is 2.74 bits per heavy atom. The number of rotatable bonds is 4. The first kappa shape index (κ1) is 19.5. The maximum absolute atomic E-state index is 12.7. The zero-order valence-corrected chi connectivity index (χ0v) is 15.6. The molecular formula is C15H15F3N6OS2. The molecule has 0 fully saturated rings. The predicted octanol–water partition coefficient (Wildman–Crippen LogP) is 2.94. The molecule has 0 bridgehead atoms. The fraction of sp³-hybridized carbons (Fsp3) is 0.467. The highest BCUT2D eigenvalue weighted by atomic mass is 32.2. The minimum Gasteiger partial charge on any atom is -0.335 e. The molecule has 0 radical (unpaired) electrons. The molecule has 3 rings (SSSR count). The van der Waals surface area contributed by atoms with E-state index in [-0.39, 0.29) is 10.9 Å². The van der Waals surface area contributed by atoms with Gasteiger partial charge in [0, 0.05) is 4.88 Å². The third-order valence-corrected chi connectivity index (χ3v) is 6.19. The largest absolute Gasteiger partial charge is 0.453 e. The van der Waals surface area contributed by atoms with Crippen molar-refractivity contribution in [2.45, 2.75) is 43.4 Å². The van der Waals surface area contributed by atoms with Gasteiger partial charge in [-0.25, -0.2) is 4.68 Å². The average molecular weight is 416 g/mol. The molecule has 144 valence electrons. The predicted molar refractivity (Wildman–Crippen MR) is 94.8 cm³/mol. The Balaban J connectivity index is 1.67. The van der Waals surface area contributed by atoms with Crippen LogP contribution < -0.4 is 11.2 Å². The number of hydrogen-bond donors (Lipinski definition) is 2. The van der Waals surface area contributed by atoms with Crippen LogP contribution in [0.3, 0.4) is 0 Å². The Morgan fingerprint density at radius 2 is 2.07 bits per heavy atom. The van der Waals surface area contributed by atoms with Crippen LogP contribution in [-0.2, 0) is 23.8 Å². The van der Waals surface area contributed by atoms with Crippen molar-refractivity contribution >= 4 is 34.0 Å². The number of alkyl halides is 3. The number of anilines is 1. The lowest BCUT2D eigenvalue weighted by Crippen LogP contribution is -2.22. The van der Waals surface area contributed by atoms with Gasteiger partial charge in [0.05, 0.1) is 11.3 Å². The second kappa shape index (κ2) is 7.77. The fourth-order valence-electron chi connectivity index (χ4n) is 2.81. The molecule has 0 spiro atoms. The van der Waals surface area contributed by atoms with Gasteiger partial charge in [-0.15, -0.1) is 21.5 Å². The van der Waals surface area contributed by atoms with E-state index in [0.717, 1.165) is 54.3 Å². The number of nitriles is 1. The van der Waals surface area contributed by atoms with Gasteiger partial charge in [-0.3, -0.25) is 4.79 Å². The fourth-order valence-corrected chi connectivity index (χ4v) is 4.72. The lowest BCUT2D eigenvalue weighted by atomic mass is 10.1. The van der Waals surface area contributed by atoms with E-state index in [0.29, 0.717) is 15.2 Å². The van der Waals surface area contributed by atoms with Crippen LogP contribution in [0.4, 0.5) is 18.2 Å². The summed E-state index contributed by atoms with van der Waals surface area (Å²) in [5, 5.41) is 18.8. The summed E-state index contributed by atoms with van der Waals surface area (Å²) in [7, 11) is 0. The van der Waals surface area contributed by atoms with Crippen LogP contribution >= 0.6 is 23.1 Å². The minimum absolute atomic E-state index is 0.208. The smallest absolute Gasteiger partial charge is 0.335 e. The number of nitrogens with zero attached hydrogens (tertiary/aromatic N) is 4. The second-order valence-electron chi connectivity index (χ2n) is 5.89. The van der Waals surface area contributed by atoms with Crippen LogP contribution in [0.1, 0.15) is 41.1 Å². The summed E-state index contributed by atoms with van der Waals surface area (Å²) in [6.45, 7) is 0. The summed E-state index contributed by atoms with van der Waals surface area (Å²) in [5.74, 6) is 3.34. The Morgan fingerprint density at radius 1 is 1.33 bits per heavy atom. The maximum atomic E-state index is 12.7. The van der Waals surface area contributed by atoms with Crippen molar-refractivity contribution < 1.29 is 18.0 Å². The van der Waals surface area contributed by atoms with Crippen molar-refractivity contribution in [1.82, 2.24) is 14.9 Å². The highest BCUT2D eigenvalue weighted by Gasteiger charge is 2.38. The van der Waals surface area contributed by atoms with Crippen molar-refractivity contribution in [2.24, 2.45) is 0 Å². The van der Waals surface area contributed by atoms with Gasteiger partial charge in [-0.2, -0.15) is 18.4 Å². The van der Waals surface area contributed by atoms with E-state index in [1.807, 2.05) is 0 Å². The molecule has 12 heteroatoms. The number of hydrogen-bond acceptors (Lipinski definition) is 7. The van der Waals surface area contributed by atoms with Gasteiger partial charge in [0.2, 0.25) is 11.1 Å². The van der Waals surface area contributed by atoms with Crippen LogP contribution in [0.25, 0.3) is 0 Å². The monoisotopic (exact) mass is 416 g/mol. The topological polar surface area (TPSA) is 110 Å². The molecule has 0 atom stereocenters. The average Bonchev–Trinajstić information content (AvgIpc) is 3.04. The molecule has 7 nitrogen and oxygen atoms in total. The van der Waals surface area contributed by atoms with Crippen LogP contribution in [0.15, 0.2) is 5.16 Å². The van der Waals surface area contributed by atoms with E-state index in [4.69, 9.17) is 5.84 Å². The summed E-state index contributed by atoms with van der Waals surface area (Å²) in [5.41, 5.74) is 1.48. The third-order valence-electron chi connectivity index (χ3n) is 4.04. The maximum Gasteiger partial charge on any atom is 0.453 e. The Labute approximate surface area is 160 Å². The third kappa shape index (κ3) is 4.19. The number of fused-ring (bicyclic) bond motifs is 1. The summed E-state index contributed by atoms with van der Waals surface area (Å²) >= 11 is 2.13. The van der Waals surface area contributed by atoms with Crippen LogP contribution in [-0.4, -0.2) is 26.5 Å². The van der Waals surface area contributed by atoms with Gasteiger partial charge in [0.25, 0.3) is 5.82 Å². The van der Waals surface area contributed by atoms with Crippen molar-refractivity contribution in [1.29, 1.82) is 5.26 Å². The van der Waals surface area contributed by atoms with E-state index in [9.17, 15) is 23.2 Å². The number of aromatic nitrogens is 3. The van der Waals surface area contributed by atoms with Crippen molar-refractivity contribution in [2.75, 3.05) is 16.9 Å². The first-order valence-corrected chi connectivity index (χ1v) is 9.86. The number of halogens is 3. The number of thiophene rings is 1. The quantitative estimate of drug-likeness (QED) is 0.451. The zero-order chi connectivity index (χ0) is 19.6. The number of amides is 1. The molecule has 2 aromatic heterocycles. The van der Waals surface area contributed by atoms with Crippen molar-refractivity contribution in [3.63, 3.8) is 0 Å². The Kier molecular flexibility index (Phi) is 5.61. The minimum atomic E-state index is -4.72. The van der Waals surface area contributed by atoms with Crippen LogP contribution in [0.2, 0.25) is 0 Å². The van der Waals surface area contributed by atoms with Gasteiger partial charge >= 0.3 is 6.18 Å². The molecular weight excluding hydrogens is 401 g/mol. The summed E-state index contributed by atoms with van der Waals surface area (Å²) in [6, 6.07) is 2.16. The molecule has 0 saturated carbocycles. The Hall–Kier alpha value is -2.26. The number of carbonyl (C=O) groups is 1. The van der Waals surface area contributed by atoms with Crippen molar-refractivity contribution in [3.8, 4) is 6.07 Å². The van der Waals surface area contributed by atoms with E-state index in [1.165, 1.54) is 11.3 Å². The Bertz CT molecular complexity index is 899. The first-order valence-electron chi connectivity index (χ1n) is 8.06. The molecule has 0 aromatic carbocycles. The molecule has 0 aliphatic heterocycles. The summed E-state index contributed by atoms with van der Waals surface area (Å²) in [6.07, 6.45) is 0.153. The van der Waals surface area contributed by atoms with Gasteiger partial charge < -0.3 is 11.2 Å². The van der Waals surface area contributed by atoms with Crippen LogP contribution in [0, 0.1) is 11.3 Å². The lowest BCUT2D eigenvalue weighted by Gasteiger charge is -2.06. The standard InChI is InChI=1S/C15H15F3N6OS2/c16-15(17,18)13-22-23-14(24(13)20)26-7-11(25)21-12-9(6-19)8-4-2-1-3-5-10(8)27-12/h1-5,7,20H2,(H,21,25). The highest BCUT2D eigenvalue weighted by molar-refractivity contribution is 7.99. The van der Waals surface area contributed by atoms with E-state index >= 15 is 0 Å². The van der Waals surface area contributed by atoms with Gasteiger partial charge in [-0.1, -0.05) is 18.2 Å². The SMILES string of the molecule is N#Cc1c(NC(=O)CSc2nnc(C(F)(F)F)n2N)sc2c1CCCCC2. The molecule has 3 N–H and O–H groups in total. The first-order chi connectivity index (χ1) is 12.8. The highest BCUT2D eigenvalue weighted by Crippen LogP contribution is 2.37. The number of nitrogen functional groups attached to an aromatic ring is 1. The summed E-state index contributed by atoms with van der Waals surface area (Å²) < 4.78 is 38.3. The van der Waals surface area contributed by atoms with Crippen molar-refractivity contribution in [3.05, 3.63) is 21.8 Å². The number of thioether (sulfide) groups is 1. The lowest BCUT2D eigenvalue weighted by molar-refractivity contribution is -0.146. The van der Waals surface area contributed by atoms with Gasteiger partial charge in [-0.05, 0) is 31.2 Å².